The highest BCUT2D eigenvalue weighted by Gasteiger charge is 2.19. The van der Waals surface area contributed by atoms with Crippen molar-refractivity contribution in [2.75, 3.05) is 17.7 Å². The third-order valence-corrected chi connectivity index (χ3v) is 6.61. The van der Waals surface area contributed by atoms with Gasteiger partial charge in [0.25, 0.3) is 0 Å². The molecule has 0 aliphatic heterocycles. The zero-order valence-corrected chi connectivity index (χ0v) is 20.5. The van der Waals surface area contributed by atoms with Crippen molar-refractivity contribution in [1.29, 1.82) is 0 Å². The highest BCUT2D eigenvalue weighted by molar-refractivity contribution is 7.80. The summed E-state index contributed by atoms with van der Waals surface area (Å²) in [5.41, 5.74) is 2.29. The van der Waals surface area contributed by atoms with Crippen LogP contribution >= 0.6 is 46.8 Å². The number of aromatic nitrogens is 2. The maximum atomic E-state index is 12.3. The van der Waals surface area contributed by atoms with Crippen LogP contribution in [0.15, 0.2) is 66.9 Å². The second-order valence-corrected chi connectivity index (χ2v) is 9.18. The number of rotatable bonds is 6. The molecule has 0 unspecified atom stereocenters. The summed E-state index contributed by atoms with van der Waals surface area (Å²) in [6, 6.07) is 19.1. The summed E-state index contributed by atoms with van der Waals surface area (Å²) in [6.45, 7) is 0.457. The molecule has 4 aromatic rings. The van der Waals surface area contributed by atoms with E-state index in [0.717, 1.165) is 16.0 Å². The number of methoxy groups -OCH3 is 1. The molecule has 0 saturated heterocycles. The van der Waals surface area contributed by atoms with Gasteiger partial charge in [0.15, 0.2) is 10.9 Å². The van der Waals surface area contributed by atoms with Crippen molar-refractivity contribution in [2.45, 2.75) is 6.54 Å². The van der Waals surface area contributed by atoms with E-state index in [1.165, 1.54) is 18.4 Å². The molecule has 0 spiro atoms. The van der Waals surface area contributed by atoms with Crippen LogP contribution in [0.25, 0.3) is 10.4 Å². The first-order valence-corrected chi connectivity index (χ1v) is 11.7. The molecule has 33 heavy (non-hydrogen) atoms. The molecule has 168 valence electrons. The Labute approximate surface area is 210 Å². The van der Waals surface area contributed by atoms with E-state index in [1.54, 1.807) is 16.9 Å². The fourth-order valence-corrected chi connectivity index (χ4v) is 4.81. The fourth-order valence-electron chi connectivity index (χ4n) is 3.10. The third kappa shape index (κ3) is 5.54. The van der Waals surface area contributed by atoms with Gasteiger partial charge in [0.1, 0.15) is 10.0 Å². The number of benzene rings is 2. The molecule has 0 radical (unpaired) electrons. The van der Waals surface area contributed by atoms with E-state index in [0.29, 0.717) is 33.0 Å². The average Bonchev–Trinajstić information content (AvgIpc) is 3.38. The summed E-state index contributed by atoms with van der Waals surface area (Å²) in [4.78, 5) is 13.2. The Bertz CT molecular complexity index is 1310. The fraction of sp³-hybridized carbons (Fsp3) is 0.0870. The van der Waals surface area contributed by atoms with Gasteiger partial charge in [0.05, 0.1) is 19.2 Å². The summed E-state index contributed by atoms with van der Waals surface area (Å²) < 4.78 is 6.60. The molecule has 2 N–H and O–H groups in total. The Hall–Kier alpha value is -2.91. The molecule has 6 nitrogen and oxygen atoms in total. The molecule has 0 aliphatic carbocycles. The number of esters is 1. The van der Waals surface area contributed by atoms with E-state index in [4.69, 9.17) is 40.2 Å². The largest absolute Gasteiger partial charge is 0.465 e. The minimum atomic E-state index is -0.458. The molecule has 0 atom stereocenters. The van der Waals surface area contributed by atoms with Gasteiger partial charge in [-0.3, -0.25) is 4.68 Å². The second kappa shape index (κ2) is 10.4. The number of anilines is 2. The van der Waals surface area contributed by atoms with Gasteiger partial charge >= 0.3 is 5.97 Å². The van der Waals surface area contributed by atoms with E-state index in [-0.39, 0.29) is 5.11 Å². The van der Waals surface area contributed by atoms with Crippen LogP contribution < -0.4 is 10.6 Å². The van der Waals surface area contributed by atoms with E-state index >= 15 is 0 Å². The van der Waals surface area contributed by atoms with E-state index in [2.05, 4.69) is 15.7 Å². The lowest BCUT2D eigenvalue weighted by Crippen LogP contribution is -2.20. The summed E-state index contributed by atoms with van der Waals surface area (Å²) in [6.07, 6.45) is 1.69. The molecule has 0 amide bonds. The van der Waals surface area contributed by atoms with Gasteiger partial charge in [-0.1, -0.05) is 71.7 Å². The quantitative estimate of drug-likeness (QED) is 0.223. The van der Waals surface area contributed by atoms with Gasteiger partial charge in [0.2, 0.25) is 0 Å². The van der Waals surface area contributed by atoms with E-state index < -0.39 is 5.97 Å². The second-order valence-electron chi connectivity index (χ2n) is 6.90. The number of hydrogen-bond acceptors (Lipinski definition) is 5. The highest BCUT2D eigenvalue weighted by atomic mass is 35.5. The lowest BCUT2D eigenvalue weighted by molar-refractivity contribution is 0.0602. The summed E-state index contributed by atoms with van der Waals surface area (Å²) in [5, 5.41) is 12.4. The Morgan fingerprint density at radius 1 is 1.09 bits per heavy atom. The summed E-state index contributed by atoms with van der Waals surface area (Å²) in [7, 11) is 1.34. The number of carbonyl (C=O) groups is 1. The molecule has 0 aliphatic rings. The molecule has 0 saturated carbocycles. The molecule has 2 aromatic heterocycles. The Balaban J connectivity index is 1.51. The summed E-state index contributed by atoms with van der Waals surface area (Å²) >= 11 is 19.4. The number of halogens is 2. The molecule has 4 rings (SSSR count). The molecule has 0 fully saturated rings. The first kappa shape index (κ1) is 23.3. The number of carbonyl (C=O) groups excluding carboxylic acids is 1. The normalized spacial score (nSPS) is 10.6. The molecule has 2 heterocycles. The van der Waals surface area contributed by atoms with Crippen molar-refractivity contribution < 1.29 is 9.53 Å². The topological polar surface area (TPSA) is 68.2 Å². The van der Waals surface area contributed by atoms with Crippen molar-refractivity contribution in [2.24, 2.45) is 0 Å². The zero-order chi connectivity index (χ0) is 23.4. The minimum Gasteiger partial charge on any atom is -0.465 e. The van der Waals surface area contributed by atoms with Crippen molar-refractivity contribution in [1.82, 2.24) is 9.78 Å². The predicted octanol–water partition coefficient (Wildman–Crippen LogP) is 6.56. The van der Waals surface area contributed by atoms with Crippen molar-refractivity contribution >= 4 is 68.7 Å². The van der Waals surface area contributed by atoms with E-state index in [1.807, 2.05) is 54.6 Å². The van der Waals surface area contributed by atoms with Gasteiger partial charge in [-0.05, 0) is 35.5 Å². The van der Waals surface area contributed by atoms with Crippen molar-refractivity contribution in [3.05, 3.63) is 88.0 Å². The van der Waals surface area contributed by atoms with Crippen LogP contribution in [0.1, 0.15) is 15.9 Å². The lowest BCUT2D eigenvalue weighted by atomic mass is 10.1. The number of thiophene rings is 1. The minimum absolute atomic E-state index is 0.242. The van der Waals surface area contributed by atoms with Crippen LogP contribution in [-0.4, -0.2) is 28.0 Å². The monoisotopic (exact) mass is 516 g/mol. The smallest absolute Gasteiger partial charge is 0.340 e. The maximum absolute atomic E-state index is 12.3. The molecule has 2 aromatic carbocycles. The van der Waals surface area contributed by atoms with Crippen LogP contribution in [-0.2, 0) is 11.3 Å². The highest BCUT2D eigenvalue weighted by Crippen LogP contribution is 2.36. The summed E-state index contributed by atoms with van der Waals surface area (Å²) in [5.74, 6) is -0.0681. The predicted molar refractivity (Wildman–Crippen MR) is 139 cm³/mol. The first-order valence-electron chi connectivity index (χ1n) is 9.76. The maximum Gasteiger partial charge on any atom is 0.340 e. The molecule has 10 heteroatoms. The number of hydrogen-bond donors (Lipinski definition) is 2. The van der Waals surface area contributed by atoms with Crippen LogP contribution in [0.2, 0.25) is 10.0 Å². The standard InChI is InChI=1S/C23H18Cl2N4O2S2/c1-31-22(30)16-11-19(14-7-3-2-4-8-14)33-21(16)27-23(32)26-20-18(25)13-29(28-20)12-15-9-5-6-10-17(15)24/h2-11,13H,12H2,1H3,(H2,26,27,28,32). The molecular weight excluding hydrogens is 499 g/mol. The van der Waals surface area contributed by atoms with Crippen LogP contribution in [0, 0.1) is 0 Å². The van der Waals surface area contributed by atoms with Gasteiger partial charge in [0, 0.05) is 16.1 Å². The Morgan fingerprint density at radius 2 is 1.82 bits per heavy atom. The van der Waals surface area contributed by atoms with Crippen molar-refractivity contribution in [3.63, 3.8) is 0 Å². The lowest BCUT2D eigenvalue weighted by Gasteiger charge is -2.09. The van der Waals surface area contributed by atoms with Crippen molar-refractivity contribution in [3.8, 4) is 10.4 Å². The van der Waals surface area contributed by atoms with Gasteiger partial charge in [-0.25, -0.2) is 4.79 Å². The number of nitrogens with one attached hydrogen (secondary N) is 2. The Kier molecular flexibility index (Phi) is 7.29. The SMILES string of the molecule is COC(=O)c1cc(-c2ccccc2)sc1NC(=S)Nc1nn(Cc2ccccc2Cl)cc1Cl. The molecule has 0 bridgehead atoms. The number of thiocarbonyl (C=S) groups is 1. The zero-order valence-electron chi connectivity index (χ0n) is 17.3. The van der Waals surface area contributed by atoms with Gasteiger partial charge < -0.3 is 15.4 Å². The molecular formula is C23H18Cl2N4O2S2. The Morgan fingerprint density at radius 3 is 2.55 bits per heavy atom. The van der Waals surface area contributed by atoms with E-state index in [9.17, 15) is 4.79 Å². The van der Waals surface area contributed by atoms with Crippen LogP contribution in [0.3, 0.4) is 0 Å². The van der Waals surface area contributed by atoms with Gasteiger partial charge in [-0.15, -0.1) is 11.3 Å². The number of ether oxygens (including phenoxy) is 1. The van der Waals surface area contributed by atoms with Crippen LogP contribution in [0.5, 0.6) is 0 Å². The first-order chi connectivity index (χ1) is 15.9. The van der Waals surface area contributed by atoms with Crippen LogP contribution in [0.4, 0.5) is 10.8 Å². The average molecular weight is 517 g/mol. The number of nitrogens with zero attached hydrogens (tertiary/aromatic N) is 2. The third-order valence-electron chi connectivity index (χ3n) is 4.66. The van der Waals surface area contributed by atoms with Gasteiger partial charge in [-0.2, -0.15) is 5.10 Å².